The number of halogens is 1. The molecule has 0 fully saturated rings. The smallest absolute Gasteiger partial charge is 0.217 e. The fourth-order valence-corrected chi connectivity index (χ4v) is 5.07. The molecule has 176 valence electrons. The Hall–Kier alpha value is -3.55. The predicted molar refractivity (Wildman–Crippen MR) is 139 cm³/mol. The van der Waals surface area contributed by atoms with Gasteiger partial charge in [0.05, 0.1) is 12.6 Å². The summed E-state index contributed by atoms with van der Waals surface area (Å²) in [5.74, 6) is 0.0317. The summed E-state index contributed by atoms with van der Waals surface area (Å²) in [7, 11) is 1.62. The Morgan fingerprint density at radius 3 is 2.43 bits per heavy atom. The molecule has 2 atom stereocenters. The molecule has 5 aromatic rings. The molecular weight excluding hydrogens is 504 g/mol. The third-order valence-electron chi connectivity index (χ3n) is 6.35. The second-order valence-electron chi connectivity index (χ2n) is 8.47. The summed E-state index contributed by atoms with van der Waals surface area (Å²) in [6.45, 7) is 0.490. The van der Waals surface area contributed by atoms with Gasteiger partial charge in [0.2, 0.25) is 5.88 Å². The van der Waals surface area contributed by atoms with Crippen LogP contribution in [-0.2, 0) is 12.1 Å². The molecule has 2 heterocycles. The van der Waals surface area contributed by atoms with Crippen LogP contribution in [0.2, 0.25) is 0 Å². The highest BCUT2D eigenvalue weighted by Gasteiger charge is 2.42. The fraction of sp³-hybridized carbons (Fsp3) is 0.179. The van der Waals surface area contributed by atoms with Crippen molar-refractivity contribution in [3.63, 3.8) is 0 Å². The lowest BCUT2D eigenvalue weighted by molar-refractivity contribution is 0.00457. The lowest BCUT2D eigenvalue weighted by Crippen LogP contribution is -2.36. The zero-order chi connectivity index (χ0) is 24.3. The second kappa shape index (κ2) is 9.98. The van der Waals surface area contributed by atoms with Gasteiger partial charge in [-0.25, -0.2) is 9.97 Å². The van der Waals surface area contributed by atoms with E-state index in [0.29, 0.717) is 18.8 Å². The molecule has 0 saturated heterocycles. The molecule has 6 nitrogen and oxygen atoms in total. The Balaban J connectivity index is 1.75. The highest BCUT2D eigenvalue weighted by molar-refractivity contribution is 9.10. The molecular formula is C28H25BrN4O2. The van der Waals surface area contributed by atoms with Gasteiger partial charge in [0.15, 0.2) is 0 Å². The Labute approximate surface area is 212 Å². The van der Waals surface area contributed by atoms with Crippen LogP contribution in [0.25, 0.3) is 10.9 Å². The van der Waals surface area contributed by atoms with Crippen molar-refractivity contribution < 1.29 is 9.84 Å². The van der Waals surface area contributed by atoms with E-state index < -0.39 is 11.5 Å². The Morgan fingerprint density at radius 2 is 1.74 bits per heavy atom. The van der Waals surface area contributed by atoms with Gasteiger partial charge in [0.1, 0.15) is 18.3 Å². The minimum absolute atomic E-state index is 0.402. The minimum atomic E-state index is -1.29. The summed E-state index contributed by atoms with van der Waals surface area (Å²) in [5, 5.41) is 17.9. The molecule has 0 bridgehead atoms. The molecule has 2 unspecified atom stereocenters. The summed E-state index contributed by atoms with van der Waals surface area (Å²) < 4.78 is 8.51. The number of nitrogens with zero attached hydrogens (tertiary/aromatic N) is 4. The van der Waals surface area contributed by atoms with Crippen molar-refractivity contribution in [3.05, 3.63) is 119 Å². The van der Waals surface area contributed by atoms with E-state index in [1.165, 1.54) is 6.33 Å². The van der Waals surface area contributed by atoms with Crippen molar-refractivity contribution in [2.75, 3.05) is 7.11 Å². The van der Waals surface area contributed by atoms with Crippen LogP contribution in [-0.4, -0.2) is 32.0 Å². The van der Waals surface area contributed by atoms with Crippen LogP contribution in [0, 0.1) is 0 Å². The first-order valence-electron chi connectivity index (χ1n) is 11.4. The van der Waals surface area contributed by atoms with Gasteiger partial charge in [-0.3, -0.25) is 4.68 Å². The van der Waals surface area contributed by atoms with Crippen molar-refractivity contribution >= 4 is 26.8 Å². The standard InChI is InChI=1S/C28H25BrN4O2/c1-35-27-24(17-21-16-23(29)12-13-25(21)32-27)26(20-8-4-2-5-9-20)28(34,22-10-6-3-7-11-22)14-15-33-19-30-18-31-33/h2-13,16-19,26,34H,14-15H2,1H3. The number of hydrogen-bond donors (Lipinski definition) is 1. The van der Waals surface area contributed by atoms with E-state index in [1.54, 1.807) is 18.1 Å². The van der Waals surface area contributed by atoms with Crippen LogP contribution in [0.3, 0.4) is 0 Å². The summed E-state index contributed by atoms with van der Waals surface area (Å²) in [5.41, 5.74) is 2.13. The third-order valence-corrected chi connectivity index (χ3v) is 6.84. The summed E-state index contributed by atoms with van der Waals surface area (Å²) in [6, 6.07) is 27.8. The molecule has 7 heteroatoms. The third kappa shape index (κ3) is 4.70. The van der Waals surface area contributed by atoms with E-state index in [2.05, 4.69) is 32.1 Å². The van der Waals surface area contributed by atoms with Gasteiger partial charge >= 0.3 is 0 Å². The average molecular weight is 529 g/mol. The number of aliphatic hydroxyl groups is 1. The molecule has 5 rings (SSSR count). The van der Waals surface area contributed by atoms with Gasteiger partial charge in [0, 0.05) is 34.3 Å². The number of hydrogen-bond acceptors (Lipinski definition) is 5. The molecule has 0 aliphatic carbocycles. The van der Waals surface area contributed by atoms with Crippen molar-refractivity contribution in [1.29, 1.82) is 0 Å². The predicted octanol–water partition coefficient (Wildman–Crippen LogP) is 5.71. The fourth-order valence-electron chi connectivity index (χ4n) is 4.69. The lowest BCUT2D eigenvalue weighted by Gasteiger charge is -2.38. The van der Waals surface area contributed by atoms with E-state index in [4.69, 9.17) is 9.72 Å². The van der Waals surface area contributed by atoms with Gasteiger partial charge in [-0.05, 0) is 35.4 Å². The number of pyridine rings is 1. The van der Waals surface area contributed by atoms with E-state index in [-0.39, 0.29) is 0 Å². The Bertz CT molecular complexity index is 1410. The summed E-state index contributed by atoms with van der Waals surface area (Å²) in [4.78, 5) is 8.88. The first kappa shape index (κ1) is 23.2. The SMILES string of the molecule is COc1nc2ccc(Br)cc2cc1C(c1ccccc1)C(O)(CCn1cncn1)c1ccccc1. The minimum Gasteiger partial charge on any atom is -0.481 e. The Kier molecular flexibility index (Phi) is 6.61. The monoisotopic (exact) mass is 528 g/mol. The van der Waals surface area contributed by atoms with Gasteiger partial charge in [-0.15, -0.1) is 0 Å². The highest BCUT2D eigenvalue weighted by Crippen LogP contribution is 2.47. The molecule has 0 saturated carbocycles. The van der Waals surface area contributed by atoms with Crippen LogP contribution in [0.5, 0.6) is 5.88 Å². The van der Waals surface area contributed by atoms with Crippen LogP contribution >= 0.6 is 15.9 Å². The number of aromatic nitrogens is 4. The maximum atomic E-state index is 12.6. The largest absolute Gasteiger partial charge is 0.481 e. The van der Waals surface area contributed by atoms with E-state index in [1.807, 2.05) is 78.9 Å². The maximum absolute atomic E-state index is 12.6. The number of aryl methyl sites for hydroxylation is 1. The van der Waals surface area contributed by atoms with Crippen molar-refractivity contribution in [3.8, 4) is 5.88 Å². The zero-order valence-electron chi connectivity index (χ0n) is 19.3. The van der Waals surface area contributed by atoms with Gasteiger partial charge in [-0.2, -0.15) is 5.10 Å². The van der Waals surface area contributed by atoms with Crippen LogP contribution in [0.15, 0.2) is 102 Å². The van der Waals surface area contributed by atoms with Gasteiger partial charge in [0.25, 0.3) is 0 Å². The molecule has 2 aromatic heterocycles. The van der Waals surface area contributed by atoms with Crippen LogP contribution < -0.4 is 4.74 Å². The Morgan fingerprint density at radius 1 is 1.00 bits per heavy atom. The average Bonchev–Trinajstić information content (AvgIpc) is 3.42. The maximum Gasteiger partial charge on any atom is 0.217 e. The first-order chi connectivity index (χ1) is 17.1. The number of benzene rings is 3. The number of ether oxygens (including phenoxy) is 1. The van der Waals surface area contributed by atoms with Crippen molar-refractivity contribution in [1.82, 2.24) is 19.7 Å². The lowest BCUT2D eigenvalue weighted by atomic mass is 9.71. The molecule has 35 heavy (non-hydrogen) atoms. The molecule has 3 aromatic carbocycles. The van der Waals surface area contributed by atoms with Crippen LogP contribution in [0.4, 0.5) is 0 Å². The van der Waals surface area contributed by atoms with Crippen LogP contribution in [0.1, 0.15) is 29.0 Å². The quantitative estimate of drug-likeness (QED) is 0.279. The number of methoxy groups -OCH3 is 1. The normalized spacial score (nSPS) is 13.9. The second-order valence-corrected chi connectivity index (χ2v) is 9.38. The van der Waals surface area contributed by atoms with E-state index >= 15 is 0 Å². The topological polar surface area (TPSA) is 73.1 Å². The van der Waals surface area contributed by atoms with Gasteiger partial charge in [-0.1, -0.05) is 76.6 Å². The zero-order valence-corrected chi connectivity index (χ0v) is 20.8. The molecule has 0 aliphatic rings. The van der Waals surface area contributed by atoms with Crippen molar-refractivity contribution in [2.45, 2.75) is 24.5 Å². The molecule has 1 N–H and O–H groups in total. The molecule has 0 aliphatic heterocycles. The number of fused-ring (bicyclic) bond motifs is 1. The molecule has 0 amide bonds. The van der Waals surface area contributed by atoms with E-state index in [9.17, 15) is 5.11 Å². The molecule has 0 radical (unpaired) electrons. The summed E-state index contributed by atoms with van der Waals surface area (Å²) >= 11 is 3.57. The van der Waals surface area contributed by atoms with Gasteiger partial charge < -0.3 is 9.84 Å². The molecule has 0 spiro atoms. The highest BCUT2D eigenvalue weighted by atomic mass is 79.9. The van der Waals surface area contributed by atoms with Crippen molar-refractivity contribution in [2.24, 2.45) is 0 Å². The summed E-state index contributed by atoms with van der Waals surface area (Å²) in [6.07, 6.45) is 3.57. The number of rotatable bonds is 8. The first-order valence-corrected chi connectivity index (χ1v) is 12.2. The van der Waals surface area contributed by atoms with E-state index in [0.717, 1.165) is 32.1 Å².